The Bertz CT molecular complexity index is 873. The van der Waals surface area contributed by atoms with E-state index >= 15 is 0 Å². The van der Waals surface area contributed by atoms with E-state index in [9.17, 15) is 14.0 Å². The van der Waals surface area contributed by atoms with Gasteiger partial charge in [0.2, 0.25) is 0 Å². The molecule has 0 aromatic heterocycles. The van der Waals surface area contributed by atoms with E-state index in [4.69, 9.17) is 0 Å². The van der Waals surface area contributed by atoms with Crippen molar-refractivity contribution >= 4 is 23.7 Å². The van der Waals surface area contributed by atoms with E-state index in [0.29, 0.717) is 5.56 Å². The number of halogens is 1. The summed E-state index contributed by atoms with van der Waals surface area (Å²) in [7, 11) is 0. The highest BCUT2D eigenvalue weighted by atomic mass is 19.1. The number of urea groups is 1. The number of amides is 3. The van der Waals surface area contributed by atoms with Gasteiger partial charge in [-0.25, -0.2) is 9.18 Å². The summed E-state index contributed by atoms with van der Waals surface area (Å²) < 4.78 is 13.8. The van der Waals surface area contributed by atoms with Crippen LogP contribution in [0.4, 0.5) is 14.9 Å². The fourth-order valence-corrected chi connectivity index (χ4v) is 3.05. The third-order valence-corrected chi connectivity index (χ3v) is 4.58. The normalized spacial score (nSPS) is 15.4. The number of nitrogens with one attached hydrogen (secondary N) is 1. The molecular weight excluding hydrogens is 345 g/mol. The van der Waals surface area contributed by atoms with Crippen molar-refractivity contribution in [3.63, 3.8) is 0 Å². The molecule has 6 heteroatoms. The summed E-state index contributed by atoms with van der Waals surface area (Å²) in [5.74, 6) is -0.904. The van der Waals surface area contributed by atoms with Gasteiger partial charge in [0.1, 0.15) is 11.5 Å². The average Bonchev–Trinajstić information content (AvgIpc) is 2.93. The Morgan fingerprint density at radius 1 is 1.04 bits per heavy atom. The summed E-state index contributed by atoms with van der Waals surface area (Å²) in [6.07, 6.45) is 1.63. The Morgan fingerprint density at radius 3 is 2.33 bits per heavy atom. The number of carbonyl (C=O) groups excluding carboxylic acids is 2. The van der Waals surface area contributed by atoms with Crippen molar-refractivity contribution in [2.24, 2.45) is 0 Å². The number of rotatable bonds is 6. The van der Waals surface area contributed by atoms with Crippen molar-refractivity contribution in [2.45, 2.75) is 20.4 Å². The molecule has 0 bridgehead atoms. The van der Waals surface area contributed by atoms with Gasteiger partial charge in [0, 0.05) is 24.3 Å². The molecule has 3 amide bonds. The van der Waals surface area contributed by atoms with E-state index < -0.39 is 17.8 Å². The predicted octanol–water partition coefficient (Wildman–Crippen LogP) is 3.76. The van der Waals surface area contributed by atoms with Crippen molar-refractivity contribution in [1.29, 1.82) is 0 Å². The van der Waals surface area contributed by atoms with Gasteiger partial charge in [0.25, 0.3) is 5.91 Å². The summed E-state index contributed by atoms with van der Waals surface area (Å²) in [5.41, 5.74) is 2.39. The molecule has 0 aliphatic carbocycles. The van der Waals surface area contributed by atoms with Crippen molar-refractivity contribution in [2.75, 3.05) is 18.0 Å². The number of nitrogens with zero attached hydrogens (tertiary/aromatic N) is 2. The minimum absolute atomic E-state index is 0.102. The first-order chi connectivity index (χ1) is 13.0. The Morgan fingerprint density at radius 2 is 1.70 bits per heavy atom. The molecular formula is C21H22FN3O2. The molecule has 0 unspecified atom stereocenters. The number of hydrogen-bond donors (Lipinski definition) is 1. The molecule has 1 aliphatic rings. The van der Waals surface area contributed by atoms with Crippen LogP contribution in [0.2, 0.25) is 0 Å². The first-order valence-electron chi connectivity index (χ1n) is 8.96. The molecule has 1 N–H and O–H groups in total. The second-order valence-electron chi connectivity index (χ2n) is 6.23. The number of hydrogen-bond acceptors (Lipinski definition) is 3. The lowest BCUT2D eigenvalue weighted by molar-refractivity contribution is -0.123. The lowest BCUT2D eigenvalue weighted by Crippen LogP contribution is -2.30. The van der Waals surface area contributed by atoms with Crippen molar-refractivity contribution in [1.82, 2.24) is 10.2 Å². The summed E-state index contributed by atoms with van der Waals surface area (Å²) in [6.45, 7) is 5.91. The molecule has 0 atom stereocenters. The average molecular weight is 367 g/mol. The van der Waals surface area contributed by atoms with Gasteiger partial charge in [-0.2, -0.15) is 0 Å². The molecule has 0 radical (unpaired) electrons. The van der Waals surface area contributed by atoms with E-state index in [-0.39, 0.29) is 12.2 Å². The standard InChI is InChI=1S/C21H22FN3O2/c1-3-24(4-2)17-11-9-15(10-12-17)13-19-20(26)25(21(27)23-19)14-16-7-5-6-8-18(16)22/h5-13H,3-4,14H2,1-2H3,(H,23,27). The van der Waals surface area contributed by atoms with Crippen LogP contribution >= 0.6 is 0 Å². The maximum absolute atomic E-state index is 13.8. The summed E-state index contributed by atoms with van der Waals surface area (Å²) >= 11 is 0. The van der Waals surface area contributed by atoms with Crippen LogP contribution in [0.3, 0.4) is 0 Å². The maximum atomic E-state index is 13.8. The van der Waals surface area contributed by atoms with Crippen LogP contribution in [-0.4, -0.2) is 29.9 Å². The van der Waals surface area contributed by atoms with Crippen molar-refractivity contribution in [3.05, 3.63) is 71.2 Å². The molecule has 140 valence electrons. The highest BCUT2D eigenvalue weighted by molar-refractivity contribution is 6.13. The fraction of sp³-hybridized carbons (Fsp3) is 0.238. The Kier molecular flexibility index (Phi) is 5.54. The van der Waals surface area contributed by atoms with Crippen LogP contribution in [0.5, 0.6) is 0 Å². The van der Waals surface area contributed by atoms with Crippen LogP contribution in [0.25, 0.3) is 6.08 Å². The first-order valence-corrected chi connectivity index (χ1v) is 8.96. The molecule has 1 aliphatic heterocycles. The van der Waals surface area contributed by atoms with Gasteiger partial charge in [0.05, 0.1) is 6.54 Å². The minimum atomic E-state index is -0.547. The molecule has 0 spiro atoms. The molecule has 27 heavy (non-hydrogen) atoms. The van der Waals surface area contributed by atoms with E-state index in [1.807, 2.05) is 24.3 Å². The zero-order valence-corrected chi connectivity index (χ0v) is 15.4. The first kappa shape index (κ1) is 18.6. The maximum Gasteiger partial charge on any atom is 0.329 e. The van der Waals surface area contributed by atoms with Gasteiger partial charge in [-0.15, -0.1) is 0 Å². The quantitative estimate of drug-likeness (QED) is 0.625. The van der Waals surface area contributed by atoms with Gasteiger partial charge < -0.3 is 10.2 Å². The molecule has 0 saturated carbocycles. The van der Waals surface area contributed by atoms with Gasteiger partial charge in [0.15, 0.2) is 0 Å². The van der Waals surface area contributed by atoms with Gasteiger partial charge >= 0.3 is 6.03 Å². The topological polar surface area (TPSA) is 52.7 Å². The zero-order chi connectivity index (χ0) is 19.4. The van der Waals surface area contributed by atoms with Crippen LogP contribution in [0, 0.1) is 5.82 Å². The lowest BCUT2D eigenvalue weighted by atomic mass is 10.1. The summed E-state index contributed by atoms with van der Waals surface area (Å²) in [5, 5.41) is 2.57. The second-order valence-corrected chi connectivity index (χ2v) is 6.23. The van der Waals surface area contributed by atoms with Crippen molar-refractivity contribution < 1.29 is 14.0 Å². The highest BCUT2D eigenvalue weighted by Crippen LogP contribution is 2.20. The Balaban J connectivity index is 1.77. The van der Waals surface area contributed by atoms with Gasteiger partial charge in [-0.1, -0.05) is 30.3 Å². The van der Waals surface area contributed by atoms with E-state index in [1.165, 1.54) is 6.07 Å². The molecule has 3 rings (SSSR count). The lowest BCUT2D eigenvalue weighted by Gasteiger charge is -2.20. The number of carbonyl (C=O) groups is 2. The zero-order valence-electron chi connectivity index (χ0n) is 15.4. The number of benzene rings is 2. The smallest absolute Gasteiger partial charge is 0.329 e. The molecule has 2 aromatic carbocycles. The fourth-order valence-electron chi connectivity index (χ4n) is 3.05. The van der Waals surface area contributed by atoms with Crippen LogP contribution < -0.4 is 10.2 Å². The third-order valence-electron chi connectivity index (χ3n) is 4.58. The predicted molar refractivity (Wildman–Crippen MR) is 103 cm³/mol. The third kappa shape index (κ3) is 4.00. The summed E-state index contributed by atoms with van der Waals surface area (Å²) in [6, 6.07) is 13.3. The van der Waals surface area contributed by atoms with Crippen LogP contribution in [0.15, 0.2) is 54.2 Å². The Hall–Kier alpha value is -3.15. The second kappa shape index (κ2) is 8.03. The molecule has 1 saturated heterocycles. The number of imide groups is 1. The SMILES string of the molecule is CCN(CC)c1ccc(C=C2NC(=O)N(Cc3ccccc3F)C2=O)cc1. The highest BCUT2D eigenvalue weighted by Gasteiger charge is 2.33. The largest absolute Gasteiger partial charge is 0.372 e. The molecule has 5 nitrogen and oxygen atoms in total. The monoisotopic (exact) mass is 367 g/mol. The molecule has 2 aromatic rings. The molecule has 1 fully saturated rings. The summed E-state index contributed by atoms with van der Waals surface area (Å²) in [4.78, 5) is 27.9. The van der Waals surface area contributed by atoms with Gasteiger partial charge in [-0.3, -0.25) is 9.69 Å². The van der Waals surface area contributed by atoms with E-state index in [1.54, 1.807) is 24.3 Å². The Labute approximate surface area is 158 Å². The van der Waals surface area contributed by atoms with Crippen LogP contribution in [0.1, 0.15) is 25.0 Å². The minimum Gasteiger partial charge on any atom is -0.372 e. The van der Waals surface area contributed by atoms with Crippen molar-refractivity contribution in [3.8, 4) is 0 Å². The van der Waals surface area contributed by atoms with E-state index in [2.05, 4.69) is 24.1 Å². The van der Waals surface area contributed by atoms with Crippen LogP contribution in [-0.2, 0) is 11.3 Å². The van der Waals surface area contributed by atoms with Gasteiger partial charge in [-0.05, 0) is 43.7 Å². The number of anilines is 1. The molecule has 1 heterocycles. The van der Waals surface area contributed by atoms with E-state index in [0.717, 1.165) is 29.2 Å².